The highest BCUT2D eigenvalue weighted by Gasteiger charge is 2.25. The second kappa shape index (κ2) is 10.2. The van der Waals surface area contributed by atoms with Crippen LogP contribution in [-0.2, 0) is 7.05 Å². The SMILES string of the molecule is Cc1ccnc(Br)c1Nc1nc2cc(C(=O)N[C@H]3CC[C@H](C)CC3)c(OCC(F)F)nc2n1C. The Morgan fingerprint density at radius 2 is 2.03 bits per heavy atom. The molecule has 11 heteroatoms. The van der Waals surface area contributed by atoms with Gasteiger partial charge >= 0.3 is 0 Å². The van der Waals surface area contributed by atoms with E-state index < -0.39 is 18.9 Å². The molecule has 182 valence electrons. The van der Waals surface area contributed by atoms with Crippen molar-refractivity contribution in [1.29, 1.82) is 0 Å². The number of aromatic nitrogens is 4. The van der Waals surface area contributed by atoms with Gasteiger partial charge in [0.25, 0.3) is 12.3 Å². The third kappa shape index (κ3) is 5.29. The van der Waals surface area contributed by atoms with E-state index in [9.17, 15) is 13.6 Å². The normalized spacial score (nSPS) is 18.3. The Morgan fingerprint density at radius 1 is 1.29 bits per heavy atom. The number of anilines is 2. The number of imidazole rings is 1. The smallest absolute Gasteiger partial charge is 0.272 e. The summed E-state index contributed by atoms with van der Waals surface area (Å²) in [5, 5.41) is 6.24. The fourth-order valence-electron chi connectivity index (χ4n) is 4.08. The lowest BCUT2D eigenvalue weighted by Crippen LogP contribution is -2.37. The number of rotatable bonds is 7. The van der Waals surface area contributed by atoms with Crippen molar-refractivity contribution >= 4 is 44.6 Å². The van der Waals surface area contributed by atoms with Crippen LogP contribution < -0.4 is 15.4 Å². The van der Waals surface area contributed by atoms with Crippen LogP contribution in [0.25, 0.3) is 11.2 Å². The molecule has 3 heterocycles. The molecule has 0 aliphatic heterocycles. The monoisotopic (exact) mass is 536 g/mol. The van der Waals surface area contributed by atoms with Gasteiger partial charge in [0, 0.05) is 19.3 Å². The van der Waals surface area contributed by atoms with E-state index in [2.05, 4.69) is 48.4 Å². The van der Waals surface area contributed by atoms with Gasteiger partial charge in [0.1, 0.15) is 15.7 Å². The highest BCUT2D eigenvalue weighted by atomic mass is 79.9. The van der Waals surface area contributed by atoms with E-state index in [-0.39, 0.29) is 17.5 Å². The van der Waals surface area contributed by atoms with Crippen LogP contribution in [0, 0.1) is 12.8 Å². The second-order valence-electron chi connectivity index (χ2n) is 8.73. The van der Waals surface area contributed by atoms with Crippen molar-refractivity contribution in [2.75, 3.05) is 11.9 Å². The summed E-state index contributed by atoms with van der Waals surface area (Å²) in [6, 6.07) is 3.44. The molecule has 3 aromatic heterocycles. The van der Waals surface area contributed by atoms with E-state index in [0.29, 0.717) is 27.6 Å². The van der Waals surface area contributed by atoms with E-state index in [1.54, 1.807) is 23.9 Å². The Kier molecular flexibility index (Phi) is 7.30. The van der Waals surface area contributed by atoms with Crippen molar-refractivity contribution in [2.45, 2.75) is 52.0 Å². The zero-order chi connectivity index (χ0) is 24.4. The van der Waals surface area contributed by atoms with Gasteiger partial charge < -0.3 is 15.4 Å². The molecule has 0 aromatic carbocycles. The Morgan fingerprint density at radius 3 is 2.71 bits per heavy atom. The Balaban J connectivity index is 1.68. The van der Waals surface area contributed by atoms with Crippen molar-refractivity contribution in [3.63, 3.8) is 0 Å². The van der Waals surface area contributed by atoms with Gasteiger partial charge in [0.15, 0.2) is 12.3 Å². The number of nitrogens with one attached hydrogen (secondary N) is 2. The van der Waals surface area contributed by atoms with Crippen LogP contribution in [0.4, 0.5) is 20.4 Å². The van der Waals surface area contributed by atoms with Crippen LogP contribution in [0.1, 0.15) is 48.5 Å². The Hall–Kier alpha value is -2.82. The lowest BCUT2D eigenvalue weighted by Gasteiger charge is -2.27. The molecule has 0 bridgehead atoms. The highest BCUT2D eigenvalue weighted by Crippen LogP contribution is 2.30. The fourth-order valence-corrected chi connectivity index (χ4v) is 4.61. The van der Waals surface area contributed by atoms with Gasteiger partial charge in [-0.15, -0.1) is 0 Å². The van der Waals surface area contributed by atoms with Crippen LogP contribution in [0.15, 0.2) is 22.9 Å². The second-order valence-corrected chi connectivity index (χ2v) is 9.48. The molecule has 1 amide bonds. The molecule has 8 nitrogen and oxygen atoms in total. The summed E-state index contributed by atoms with van der Waals surface area (Å²) in [5.74, 6) is 0.559. The van der Waals surface area contributed by atoms with Gasteiger partial charge in [-0.1, -0.05) is 6.92 Å². The zero-order valence-corrected chi connectivity index (χ0v) is 20.8. The maximum Gasteiger partial charge on any atom is 0.272 e. The summed E-state index contributed by atoms with van der Waals surface area (Å²) in [5.41, 5.74) is 2.61. The number of halogens is 3. The minimum absolute atomic E-state index is 0.0363. The number of carbonyl (C=O) groups excluding carboxylic acids is 1. The number of amides is 1. The van der Waals surface area contributed by atoms with Crippen LogP contribution in [0.3, 0.4) is 0 Å². The predicted molar refractivity (Wildman–Crippen MR) is 129 cm³/mol. The summed E-state index contributed by atoms with van der Waals surface area (Å²) >= 11 is 3.43. The van der Waals surface area contributed by atoms with E-state index >= 15 is 0 Å². The molecular weight excluding hydrogens is 510 g/mol. The maximum atomic E-state index is 13.1. The number of aryl methyl sites for hydroxylation is 2. The average Bonchev–Trinajstić information content (AvgIpc) is 3.10. The number of nitrogens with zero attached hydrogens (tertiary/aromatic N) is 4. The Bertz CT molecular complexity index is 1170. The van der Waals surface area contributed by atoms with Crippen LogP contribution in [0.2, 0.25) is 0 Å². The lowest BCUT2D eigenvalue weighted by molar-refractivity contribution is 0.0770. The molecule has 3 aromatic rings. The first-order chi connectivity index (χ1) is 16.2. The van der Waals surface area contributed by atoms with Crippen molar-refractivity contribution in [2.24, 2.45) is 13.0 Å². The van der Waals surface area contributed by atoms with Crippen molar-refractivity contribution in [3.05, 3.63) is 34.1 Å². The fraction of sp³-hybridized carbons (Fsp3) is 0.478. The molecule has 0 unspecified atom stereocenters. The van der Waals surface area contributed by atoms with Gasteiger partial charge in [0.2, 0.25) is 11.8 Å². The highest BCUT2D eigenvalue weighted by molar-refractivity contribution is 9.10. The summed E-state index contributed by atoms with van der Waals surface area (Å²) < 4.78 is 33.3. The molecule has 34 heavy (non-hydrogen) atoms. The van der Waals surface area contributed by atoms with Crippen LogP contribution >= 0.6 is 15.9 Å². The van der Waals surface area contributed by atoms with E-state index in [4.69, 9.17) is 4.74 Å². The molecule has 0 atom stereocenters. The molecule has 4 rings (SSSR count). The maximum absolute atomic E-state index is 13.1. The van der Waals surface area contributed by atoms with E-state index in [1.165, 1.54) is 0 Å². The van der Waals surface area contributed by atoms with Gasteiger partial charge in [-0.3, -0.25) is 9.36 Å². The van der Waals surface area contributed by atoms with E-state index in [0.717, 1.165) is 36.9 Å². The third-order valence-corrected chi connectivity index (χ3v) is 6.70. The topological polar surface area (TPSA) is 94.0 Å². The van der Waals surface area contributed by atoms with Crippen molar-refractivity contribution < 1.29 is 18.3 Å². The first kappa shape index (κ1) is 24.3. The molecule has 1 aliphatic carbocycles. The van der Waals surface area contributed by atoms with Crippen molar-refractivity contribution in [3.8, 4) is 5.88 Å². The van der Waals surface area contributed by atoms with Gasteiger partial charge in [-0.2, -0.15) is 4.98 Å². The summed E-state index contributed by atoms with van der Waals surface area (Å²) in [6.07, 6.45) is 2.83. The molecule has 1 aliphatic rings. The summed E-state index contributed by atoms with van der Waals surface area (Å²) in [4.78, 5) is 26.3. The van der Waals surface area contributed by atoms with Crippen molar-refractivity contribution in [1.82, 2.24) is 24.8 Å². The molecule has 1 saturated carbocycles. The van der Waals surface area contributed by atoms with Crippen LogP contribution in [0.5, 0.6) is 5.88 Å². The van der Waals surface area contributed by atoms with Gasteiger partial charge in [-0.25, -0.2) is 18.7 Å². The third-order valence-electron chi connectivity index (χ3n) is 6.10. The van der Waals surface area contributed by atoms with Crippen LogP contribution in [-0.4, -0.2) is 44.5 Å². The number of hydrogen-bond acceptors (Lipinski definition) is 6. The summed E-state index contributed by atoms with van der Waals surface area (Å²) in [6.45, 7) is 3.27. The zero-order valence-electron chi connectivity index (χ0n) is 19.2. The largest absolute Gasteiger partial charge is 0.471 e. The number of carbonyl (C=O) groups is 1. The summed E-state index contributed by atoms with van der Waals surface area (Å²) in [7, 11) is 1.74. The average molecular weight is 537 g/mol. The molecule has 0 spiro atoms. The first-order valence-electron chi connectivity index (χ1n) is 11.2. The number of fused-ring (bicyclic) bond motifs is 1. The number of alkyl halides is 2. The predicted octanol–water partition coefficient (Wildman–Crippen LogP) is 5.13. The van der Waals surface area contributed by atoms with E-state index in [1.807, 2.05) is 13.0 Å². The number of pyridine rings is 2. The molecule has 2 N–H and O–H groups in total. The molecular formula is C23H27BrF2N6O2. The lowest BCUT2D eigenvalue weighted by atomic mass is 9.87. The first-order valence-corrected chi connectivity index (χ1v) is 12.0. The quantitative estimate of drug-likeness (QED) is 0.406. The van der Waals surface area contributed by atoms with Gasteiger partial charge in [0.05, 0.1) is 5.69 Å². The minimum Gasteiger partial charge on any atom is -0.471 e. The minimum atomic E-state index is -2.69. The number of ether oxygens (including phenoxy) is 1. The molecule has 1 fully saturated rings. The van der Waals surface area contributed by atoms with Gasteiger partial charge in [-0.05, 0) is 72.2 Å². The molecule has 0 saturated heterocycles. The standard InChI is InChI=1S/C23H27BrF2N6O2/c1-12-4-6-14(7-5-12)28-21(33)15-10-16-20(31-22(15)34-11-17(25)26)32(3)23(29-16)30-18-13(2)8-9-27-19(18)24/h8-10,12,14,17H,4-7,11H2,1-3H3,(H,28,33)(H,29,30)/t12-,14-. The molecule has 0 radical (unpaired) electrons. The Labute approximate surface area is 204 Å². The number of hydrogen-bond donors (Lipinski definition) is 2.